The number of phosphoric acid groups is 1. The van der Waals surface area contributed by atoms with Crippen LogP contribution in [0.4, 0.5) is 5.69 Å². The number of rotatable bonds is 2. The molecule has 15 heavy (non-hydrogen) atoms. The van der Waals surface area contributed by atoms with E-state index in [1.165, 1.54) is 5.17 Å². The molecule has 2 bridgehead atoms. The minimum Gasteiger partial charge on any atom is -0.222 e. The van der Waals surface area contributed by atoms with Crippen LogP contribution in [0, 0.1) is 0 Å². The van der Waals surface area contributed by atoms with Gasteiger partial charge in [0.2, 0.25) is 0 Å². The lowest BCUT2D eigenvalue weighted by Crippen LogP contribution is -2.34. The Bertz CT molecular complexity index is 442. The second-order valence-electron chi connectivity index (χ2n) is 3.23. The summed E-state index contributed by atoms with van der Waals surface area (Å²) in [5.74, 6) is 0. The first-order chi connectivity index (χ1) is 7.20. The topological polar surface area (TPSA) is 51.2 Å². The van der Waals surface area contributed by atoms with Crippen LogP contribution in [-0.4, -0.2) is 5.34 Å². The van der Waals surface area contributed by atoms with Crippen LogP contribution in [0.3, 0.4) is 0 Å². The average Bonchev–Trinajstić information content (AvgIpc) is 2.71. The van der Waals surface area contributed by atoms with E-state index in [4.69, 9.17) is 13.9 Å². The molecule has 4 rings (SSSR count). The highest BCUT2D eigenvalue weighted by atomic mass is 31.2. The van der Waals surface area contributed by atoms with Gasteiger partial charge in [0.25, 0.3) is 0 Å². The van der Waals surface area contributed by atoms with E-state index in [1.54, 1.807) is 0 Å². The fourth-order valence-electron chi connectivity index (χ4n) is 1.43. The number of nitrogens with zero attached hydrogens (tertiary/aromatic N) is 2. The largest absolute Gasteiger partial charge is 0.538 e. The first kappa shape index (κ1) is 9.33. The zero-order valence-electron chi connectivity index (χ0n) is 7.99. The highest BCUT2D eigenvalue weighted by molar-refractivity contribution is 7.49. The molecule has 3 fully saturated rings. The molecule has 0 unspecified atom stereocenters. The molecule has 0 radical (unpaired) electrons. The minimum atomic E-state index is -3.29. The zero-order chi connectivity index (χ0) is 10.5. The van der Waals surface area contributed by atoms with Crippen molar-refractivity contribution in [3.05, 3.63) is 29.8 Å². The summed E-state index contributed by atoms with van der Waals surface area (Å²) in [6.45, 7) is 2.05. The van der Waals surface area contributed by atoms with Crippen LogP contribution < -0.4 is 5.17 Å². The number of hydrogen-bond donors (Lipinski definition) is 0. The Balaban J connectivity index is 1.91. The molecule has 0 aromatic heterocycles. The molecule has 3 saturated heterocycles. The highest BCUT2D eigenvalue weighted by Gasteiger charge is 2.60. The van der Waals surface area contributed by atoms with Gasteiger partial charge in [-0.15, -0.1) is 19.0 Å². The molecule has 0 saturated carbocycles. The van der Waals surface area contributed by atoms with Crippen molar-refractivity contribution in [1.82, 2.24) is 5.34 Å². The van der Waals surface area contributed by atoms with Crippen molar-refractivity contribution in [3.8, 4) is 0 Å². The van der Waals surface area contributed by atoms with Gasteiger partial charge >= 0.3 is 7.82 Å². The lowest BCUT2D eigenvalue weighted by atomic mass is 10.1. The van der Waals surface area contributed by atoms with Crippen LogP contribution >= 0.6 is 7.82 Å². The maximum atomic E-state index is 11.3. The van der Waals surface area contributed by atoms with Gasteiger partial charge in [0.15, 0.2) is 0 Å². The smallest absolute Gasteiger partial charge is 0.222 e. The lowest BCUT2D eigenvalue weighted by molar-refractivity contribution is -0.318. The van der Waals surface area contributed by atoms with Crippen LogP contribution in [0.5, 0.6) is 0 Å². The van der Waals surface area contributed by atoms with Crippen molar-refractivity contribution in [2.45, 2.75) is 13.3 Å². The fraction of sp³-hybridized carbons (Fsp3) is 0.250. The lowest BCUT2D eigenvalue weighted by Gasteiger charge is -2.21. The van der Waals surface area contributed by atoms with Crippen molar-refractivity contribution in [1.29, 1.82) is 0 Å². The van der Waals surface area contributed by atoms with E-state index < -0.39 is 7.82 Å². The number of benzene rings is 1. The minimum absolute atomic E-state index is 0.726. The quantitative estimate of drug-likeness (QED) is 0.723. The SMILES string of the molecule is CCc1cccc(N2OP3(=O)ON2O3)c1. The molecule has 1 aromatic rings. The van der Waals surface area contributed by atoms with Gasteiger partial charge in [-0.25, -0.2) is 4.57 Å². The van der Waals surface area contributed by atoms with Crippen molar-refractivity contribution in [2.75, 3.05) is 5.17 Å². The maximum Gasteiger partial charge on any atom is 0.538 e. The second kappa shape index (κ2) is 3.04. The Kier molecular flexibility index (Phi) is 1.89. The number of fused-ring (bicyclic) bond motifs is 1. The summed E-state index contributed by atoms with van der Waals surface area (Å²) in [7, 11) is -3.29. The molecular weight excluding hydrogens is 219 g/mol. The Morgan fingerprint density at radius 3 is 2.73 bits per heavy atom. The van der Waals surface area contributed by atoms with Crippen molar-refractivity contribution >= 4 is 13.5 Å². The Morgan fingerprint density at radius 2 is 2.13 bits per heavy atom. The summed E-state index contributed by atoms with van der Waals surface area (Å²) < 4.78 is 25.7. The van der Waals surface area contributed by atoms with Crippen molar-refractivity contribution in [2.24, 2.45) is 0 Å². The Labute approximate surface area is 86.4 Å². The van der Waals surface area contributed by atoms with E-state index >= 15 is 0 Å². The van der Waals surface area contributed by atoms with E-state index in [1.807, 2.05) is 24.3 Å². The van der Waals surface area contributed by atoms with Crippen LogP contribution in [0.25, 0.3) is 0 Å². The normalized spacial score (nSPS) is 32.9. The third-order valence-electron chi connectivity index (χ3n) is 2.21. The molecule has 80 valence electrons. The van der Waals surface area contributed by atoms with Gasteiger partial charge in [-0.05, 0) is 24.1 Å². The van der Waals surface area contributed by atoms with Crippen LogP contribution in [0.15, 0.2) is 24.3 Å². The van der Waals surface area contributed by atoms with Gasteiger partial charge in [-0.3, -0.25) is 0 Å². The van der Waals surface area contributed by atoms with Crippen molar-refractivity contribution < 1.29 is 18.4 Å². The first-order valence-electron chi connectivity index (χ1n) is 4.58. The van der Waals surface area contributed by atoms with E-state index in [-0.39, 0.29) is 0 Å². The monoisotopic (exact) mass is 228 g/mol. The first-order valence-corrected chi connectivity index (χ1v) is 6.04. The predicted octanol–water partition coefficient (Wildman–Crippen LogP) is 2.20. The summed E-state index contributed by atoms with van der Waals surface area (Å²) >= 11 is 0. The third kappa shape index (κ3) is 1.39. The highest BCUT2D eigenvalue weighted by Crippen LogP contribution is 2.67. The van der Waals surface area contributed by atoms with E-state index in [0.29, 0.717) is 0 Å². The standard InChI is InChI=1S/C8H9N2O4P/c1-2-7-4-3-5-8(6-7)9-10-13-15(11,12-9)14-10/h3-6H,2H2,1H3. The fourth-order valence-corrected chi connectivity index (χ4v) is 2.32. The molecule has 3 aliphatic heterocycles. The Morgan fingerprint density at radius 1 is 1.33 bits per heavy atom. The summed E-state index contributed by atoms with van der Waals surface area (Å²) in [5.41, 5.74) is 1.88. The molecule has 0 N–H and O–H groups in total. The number of hydrazine groups is 1. The molecule has 6 nitrogen and oxygen atoms in total. The van der Waals surface area contributed by atoms with Gasteiger partial charge in [0.1, 0.15) is 0 Å². The summed E-state index contributed by atoms with van der Waals surface area (Å²) in [6.07, 6.45) is 0.918. The molecule has 0 spiro atoms. The molecule has 7 heteroatoms. The van der Waals surface area contributed by atoms with Crippen LogP contribution in [0.2, 0.25) is 0 Å². The van der Waals surface area contributed by atoms with Gasteiger partial charge in [-0.1, -0.05) is 19.1 Å². The van der Waals surface area contributed by atoms with Gasteiger partial charge in [0.05, 0.1) is 11.0 Å². The van der Waals surface area contributed by atoms with Gasteiger partial charge in [-0.2, -0.15) is 0 Å². The molecule has 3 heterocycles. The summed E-state index contributed by atoms with van der Waals surface area (Å²) in [5, 5.41) is 2.20. The molecule has 3 aliphatic rings. The molecule has 1 aromatic carbocycles. The van der Waals surface area contributed by atoms with Crippen LogP contribution in [-0.2, 0) is 24.9 Å². The molecule has 0 atom stereocenters. The number of aryl methyl sites for hydroxylation is 1. The zero-order valence-corrected chi connectivity index (χ0v) is 8.89. The number of hydrogen-bond acceptors (Lipinski definition) is 6. The third-order valence-corrected chi connectivity index (χ3v) is 3.24. The number of anilines is 1. The van der Waals surface area contributed by atoms with Gasteiger partial charge < -0.3 is 0 Å². The summed E-state index contributed by atoms with van der Waals surface area (Å²) in [4.78, 5) is 0. The van der Waals surface area contributed by atoms with E-state index in [2.05, 4.69) is 6.92 Å². The second-order valence-corrected chi connectivity index (χ2v) is 4.61. The maximum absolute atomic E-state index is 11.3. The Hall–Kier alpha value is -0.910. The van der Waals surface area contributed by atoms with Gasteiger partial charge in [0, 0.05) is 0 Å². The summed E-state index contributed by atoms with van der Waals surface area (Å²) in [6, 6.07) is 7.63. The molecular formula is C8H9N2O4P. The molecule has 0 aliphatic carbocycles. The van der Waals surface area contributed by atoms with Crippen molar-refractivity contribution in [3.63, 3.8) is 0 Å². The van der Waals surface area contributed by atoms with Crippen LogP contribution in [0.1, 0.15) is 12.5 Å². The van der Waals surface area contributed by atoms with E-state index in [9.17, 15) is 4.57 Å². The predicted molar refractivity (Wildman–Crippen MR) is 51.0 cm³/mol. The average molecular weight is 228 g/mol. The van der Waals surface area contributed by atoms with E-state index in [0.717, 1.165) is 23.0 Å². The molecule has 0 amide bonds.